The van der Waals surface area contributed by atoms with Gasteiger partial charge in [0.25, 0.3) is 5.91 Å². The van der Waals surface area contributed by atoms with Gasteiger partial charge in [-0.2, -0.15) is 4.72 Å². The molecule has 35 heavy (non-hydrogen) atoms. The molecule has 5 N–H and O–H groups in total. The summed E-state index contributed by atoms with van der Waals surface area (Å²) in [6.45, 7) is 1.46. The fourth-order valence-electron chi connectivity index (χ4n) is 3.43. The first kappa shape index (κ1) is 26.0. The number of fused-ring (bicyclic) bond motifs is 1. The average Bonchev–Trinajstić information content (AvgIpc) is 2.84. The molecule has 1 aromatic heterocycles. The highest BCUT2D eigenvalue weighted by Gasteiger charge is 2.24. The van der Waals surface area contributed by atoms with Gasteiger partial charge in [-0.3, -0.25) is 9.59 Å². The lowest BCUT2D eigenvalue weighted by molar-refractivity contribution is -0.138. The van der Waals surface area contributed by atoms with Crippen LogP contribution in [0.25, 0.3) is 10.9 Å². The number of rotatable bonds is 12. The molecule has 0 aliphatic carbocycles. The minimum atomic E-state index is -3.75. The van der Waals surface area contributed by atoms with E-state index in [4.69, 9.17) is 5.73 Å². The van der Waals surface area contributed by atoms with Crippen LogP contribution in [0.5, 0.6) is 0 Å². The van der Waals surface area contributed by atoms with Crippen LogP contribution in [0.15, 0.2) is 48.5 Å². The number of nitrogens with zero attached hydrogens (tertiary/aromatic N) is 2. The molecular weight excluding hydrogens is 470 g/mol. The molecule has 0 radical (unpaired) electrons. The third-order valence-corrected chi connectivity index (χ3v) is 6.86. The van der Waals surface area contributed by atoms with Crippen LogP contribution in [0.2, 0.25) is 0 Å². The highest BCUT2D eigenvalue weighted by atomic mass is 32.2. The van der Waals surface area contributed by atoms with E-state index in [1.165, 1.54) is 0 Å². The number of hydrogen-bond acceptors (Lipinski definition) is 7. The Kier molecular flexibility index (Phi) is 8.72. The monoisotopic (exact) mass is 499 g/mol. The van der Waals surface area contributed by atoms with Crippen molar-refractivity contribution < 1.29 is 23.1 Å². The maximum Gasteiger partial charge on any atom is 0.323 e. The summed E-state index contributed by atoms with van der Waals surface area (Å²) in [6.07, 6.45) is 2.29. The van der Waals surface area contributed by atoms with Gasteiger partial charge < -0.3 is 16.2 Å². The number of carboxylic acid groups (broad SMARTS) is 1. The van der Waals surface area contributed by atoms with Crippen molar-refractivity contribution in [2.45, 2.75) is 38.6 Å². The van der Waals surface area contributed by atoms with Crippen LogP contribution in [0.1, 0.15) is 41.5 Å². The molecule has 0 aliphatic rings. The molecule has 1 atom stereocenters. The van der Waals surface area contributed by atoms with Crippen LogP contribution >= 0.6 is 0 Å². The van der Waals surface area contributed by atoms with Crippen molar-refractivity contribution in [3.63, 3.8) is 0 Å². The molecule has 11 heteroatoms. The van der Waals surface area contributed by atoms with Gasteiger partial charge in [0.05, 0.1) is 11.3 Å². The second kappa shape index (κ2) is 11.7. The Hall–Kier alpha value is -3.57. The van der Waals surface area contributed by atoms with Crippen LogP contribution in [-0.4, -0.2) is 53.7 Å². The topological polar surface area (TPSA) is 164 Å². The van der Waals surface area contributed by atoms with Crippen molar-refractivity contribution in [1.82, 2.24) is 20.0 Å². The van der Waals surface area contributed by atoms with Gasteiger partial charge in [-0.25, -0.2) is 18.4 Å². The van der Waals surface area contributed by atoms with Gasteiger partial charge in [-0.1, -0.05) is 37.6 Å². The molecule has 0 fully saturated rings. The Morgan fingerprint density at radius 2 is 1.77 bits per heavy atom. The summed E-state index contributed by atoms with van der Waals surface area (Å²) in [5.74, 6) is -0.966. The largest absolute Gasteiger partial charge is 0.480 e. The number of nitrogens with one attached hydrogen (secondary N) is 2. The van der Waals surface area contributed by atoms with E-state index in [0.29, 0.717) is 42.9 Å². The van der Waals surface area contributed by atoms with Crippen molar-refractivity contribution in [3.05, 3.63) is 65.5 Å². The van der Waals surface area contributed by atoms with Gasteiger partial charge in [-0.15, -0.1) is 0 Å². The highest BCUT2D eigenvalue weighted by molar-refractivity contribution is 7.89. The molecule has 1 amide bonds. The number of carboxylic acids is 1. The third kappa shape index (κ3) is 7.46. The molecule has 0 saturated carbocycles. The number of aryl methyl sites for hydroxylation is 2. The van der Waals surface area contributed by atoms with E-state index in [-0.39, 0.29) is 12.3 Å². The van der Waals surface area contributed by atoms with Crippen LogP contribution < -0.4 is 15.8 Å². The first-order valence-corrected chi connectivity index (χ1v) is 12.9. The van der Waals surface area contributed by atoms with Crippen LogP contribution in [0, 0.1) is 0 Å². The summed E-state index contributed by atoms with van der Waals surface area (Å²) in [4.78, 5) is 32.8. The molecule has 3 rings (SSSR count). The number of anilines is 1. The minimum Gasteiger partial charge on any atom is -0.480 e. The zero-order valence-corrected chi connectivity index (χ0v) is 20.2. The number of benzene rings is 2. The van der Waals surface area contributed by atoms with E-state index in [1.54, 1.807) is 24.3 Å². The van der Waals surface area contributed by atoms with Gasteiger partial charge in [0.15, 0.2) is 0 Å². The summed E-state index contributed by atoms with van der Waals surface area (Å²) in [5.41, 5.74) is 8.11. The molecule has 0 saturated heterocycles. The summed E-state index contributed by atoms with van der Waals surface area (Å²) in [6, 6.07) is 12.9. The lowest BCUT2D eigenvalue weighted by Crippen LogP contribution is -2.48. The molecular formula is C24H29N5O5S. The molecule has 1 unspecified atom stereocenters. The van der Waals surface area contributed by atoms with Gasteiger partial charge in [0.2, 0.25) is 10.0 Å². The number of aliphatic carboxylic acids is 1. The lowest BCUT2D eigenvalue weighted by atomic mass is 10.1. The quantitative estimate of drug-likeness (QED) is 0.293. The fraction of sp³-hybridized carbons (Fsp3) is 0.333. The van der Waals surface area contributed by atoms with E-state index < -0.39 is 27.9 Å². The number of carbonyl (C=O) groups is 2. The minimum absolute atomic E-state index is 0.167. The van der Waals surface area contributed by atoms with Crippen molar-refractivity contribution in [1.29, 1.82) is 0 Å². The van der Waals surface area contributed by atoms with Crippen LogP contribution in [0.4, 0.5) is 5.82 Å². The van der Waals surface area contributed by atoms with Gasteiger partial charge in [0.1, 0.15) is 17.7 Å². The second-order valence-corrected chi connectivity index (χ2v) is 10.0. The molecule has 0 spiro atoms. The Balaban J connectivity index is 1.56. The van der Waals surface area contributed by atoms with E-state index in [2.05, 4.69) is 20.0 Å². The number of nitrogens with two attached hydrogens (primary N) is 1. The number of para-hydroxylation sites is 1. The number of hydrogen-bond donors (Lipinski definition) is 4. The van der Waals surface area contributed by atoms with E-state index in [1.807, 2.05) is 31.2 Å². The molecule has 10 nitrogen and oxygen atoms in total. The Labute approximate surface area is 204 Å². The average molecular weight is 500 g/mol. The highest BCUT2D eigenvalue weighted by Crippen LogP contribution is 2.18. The second-order valence-electron chi connectivity index (χ2n) is 8.13. The Morgan fingerprint density at radius 3 is 2.46 bits per heavy atom. The molecule has 2 aromatic carbocycles. The van der Waals surface area contributed by atoms with E-state index in [0.717, 1.165) is 16.5 Å². The first-order valence-electron chi connectivity index (χ1n) is 11.3. The summed E-state index contributed by atoms with van der Waals surface area (Å²) in [5, 5.41) is 12.6. The van der Waals surface area contributed by atoms with Crippen LogP contribution in [0.3, 0.4) is 0 Å². The maximum absolute atomic E-state index is 12.4. The lowest BCUT2D eigenvalue weighted by Gasteiger charge is -2.15. The molecule has 1 heterocycles. The number of unbranched alkanes of at least 4 members (excludes halogenated alkanes) is 1. The number of aromatic nitrogens is 2. The van der Waals surface area contributed by atoms with Crippen molar-refractivity contribution in [2.75, 3.05) is 18.0 Å². The Morgan fingerprint density at radius 1 is 1.06 bits per heavy atom. The standard InChI is InChI=1S/C24H29N5O5S/c1-2-3-14-35(33,34)29-20(24(31)32)15-26-23(30)17-11-8-16(9-12-17)10-13-21-27-19-7-5-4-6-18(19)22(25)28-21/h4-9,11-12,20,29H,2-3,10,13-15H2,1H3,(H,26,30)(H,31,32)(H2,25,27,28). The van der Waals surface area contributed by atoms with Gasteiger partial charge in [-0.05, 0) is 42.7 Å². The molecule has 3 aromatic rings. The predicted molar refractivity (Wildman–Crippen MR) is 133 cm³/mol. The van der Waals surface area contributed by atoms with Crippen molar-refractivity contribution in [3.8, 4) is 0 Å². The summed E-state index contributed by atoms with van der Waals surface area (Å²) < 4.78 is 26.1. The number of carbonyl (C=O) groups excluding carboxylic acids is 1. The normalized spacial score (nSPS) is 12.4. The number of amides is 1. The summed E-state index contributed by atoms with van der Waals surface area (Å²) >= 11 is 0. The first-order chi connectivity index (χ1) is 16.7. The smallest absolute Gasteiger partial charge is 0.323 e. The van der Waals surface area contributed by atoms with Gasteiger partial charge >= 0.3 is 5.97 Å². The SMILES string of the molecule is CCCCS(=O)(=O)NC(CNC(=O)c1ccc(CCc2nc(N)c3ccccc3n2)cc1)C(=O)O. The Bertz CT molecular complexity index is 1300. The molecule has 0 bridgehead atoms. The van der Waals surface area contributed by atoms with Crippen molar-refractivity contribution >= 4 is 38.6 Å². The van der Waals surface area contributed by atoms with E-state index >= 15 is 0 Å². The molecule has 0 aliphatic heterocycles. The fourth-order valence-corrected chi connectivity index (χ4v) is 4.83. The predicted octanol–water partition coefficient (Wildman–Crippen LogP) is 1.90. The zero-order chi connectivity index (χ0) is 25.4. The van der Waals surface area contributed by atoms with Gasteiger partial charge in [0, 0.05) is 23.9 Å². The molecule has 186 valence electrons. The summed E-state index contributed by atoms with van der Waals surface area (Å²) in [7, 11) is -3.75. The number of sulfonamides is 1. The maximum atomic E-state index is 12.4. The zero-order valence-electron chi connectivity index (χ0n) is 19.4. The number of nitrogen functional groups attached to an aromatic ring is 1. The van der Waals surface area contributed by atoms with Crippen LogP contribution in [-0.2, 0) is 27.7 Å². The van der Waals surface area contributed by atoms with E-state index in [9.17, 15) is 23.1 Å². The van der Waals surface area contributed by atoms with Crippen molar-refractivity contribution in [2.24, 2.45) is 0 Å². The third-order valence-electron chi connectivity index (χ3n) is 5.39.